The molecule has 2 bridgehead atoms. The third-order valence-corrected chi connectivity index (χ3v) is 8.12. The second-order valence-corrected chi connectivity index (χ2v) is 9.75. The Morgan fingerprint density at radius 3 is 2.37 bits per heavy atom. The average molecular weight is 434 g/mol. The SMILES string of the molecule is Cc1nc(C2CCCN(C(=O)C3CC4CCCC(C3)C4N)C2)sc1C.Cl.Cl. The first-order valence-corrected chi connectivity index (χ1v) is 10.8. The standard InChI is InChI=1S/C20H31N3OS.2ClH/c1-12-13(2)25-19(22-12)16-7-4-8-23(11-16)20(24)17-9-14-5-3-6-15(10-17)18(14)21;;/h14-18H,3-11,21H2,1-2H3;2*1H. The van der Waals surface area contributed by atoms with E-state index >= 15 is 0 Å². The Morgan fingerprint density at radius 2 is 1.78 bits per heavy atom. The lowest BCUT2D eigenvalue weighted by molar-refractivity contribution is -0.139. The van der Waals surface area contributed by atoms with Crippen molar-refractivity contribution in [3.05, 3.63) is 15.6 Å². The maximum absolute atomic E-state index is 13.2. The van der Waals surface area contributed by atoms with Gasteiger partial charge in [-0.1, -0.05) is 6.42 Å². The zero-order valence-corrected chi connectivity index (χ0v) is 18.8. The van der Waals surface area contributed by atoms with Gasteiger partial charge < -0.3 is 10.6 Å². The third kappa shape index (κ3) is 4.63. The number of piperidine rings is 1. The second kappa shape index (κ2) is 9.43. The molecule has 4 rings (SSSR count). The van der Waals surface area contributed by atoms with E-state index in [-0.39, 0.29) is 30.7 Å². The smallest absolute Gasteiger partial charge is 0.225 e. The van der Waals surface area contributed by atoms with Crippen molar-refractivity contribution >= 4 is 42.1 Å². The van der Waals surface area contributed by atoms with Crippen LogP contribution in [0.4, 0.5) is 0 Å². The Labute approximate surface area is 179 Å². The van der Waals surface area contributed by atoms with Crippen LogP contribution in [0.2, 0.25) is 0 Å². The van der Waals surface area contributed by atoms with Crippen LogP contribution in [0.1, 0.15) is 66.4 Å². The minimum absolute atomic E-state index is 0. The minimum atomic E-state index is 0. The van der Waals surface area contributed by atoms with Gasteiger partial charge in [-0.2, -0.15) is 0 Å². The number of nitrogens with zero attached hydrogens (tertiary/aromatic N) is 2. The monoisotopic (exact) mass is 433 g/mol. The van der Waals surface area contributed by atoms with Gasteiger partial charge in [-0.05, 0) is 64.2 Å². The van der Waals surface area contributed by atoms with Crippen LogP contribution in [-0.2, 0) is 4.79 Å². The van der Waals surface area contributed by atoms with E-state index in [9.17, 15) is 4.79 Å². The lowest BCUT2D eigenvalue weighted by atomic mass is 9.65. The molecule has 0 spiro atoms. The van der Waals surface area contributed by atoms with E-state index in [0.717, 1.165) is 44.5 Å². The van der Waals surface area contributed by atoms with Crippen molar-refractivity contribution < 1.29 is 4.79 Å². The van der Waals surface area contributed by atoms with Crippen molar-refractivity contribution in [1.82, 2.24) is 9.88 Å². The summed E-state index contributed by atoms with van der Waals surface area (Å²) in [6.45, 7) is 6.02. The summed E-state index contributed by atoms with van der Waals surface area (Å²) >= 11 is 1.82. The van der Waals surface area contributed by atoms with Crippen LogP contribution in [0.3, 0.4) is 0 Å². The molecular formula is C20H33Cl2N3OS. The summed E-state index contributed by atoms with van der Waals surface area (Å²) in [7, 11) is 0. The molecule has 3 fully saturated rings. The number of hydrogen-bond donors (Lipinski definition) is 1. The summed E-state index contributed by atoms with van der Waals surface area (Å²) in [5, 5.41) is 1.23. The molecule has 3 aliphatic rings. The molecule has 3 unspecified atom stereocenters. The quantitative estimate of drug-likeness (QED) is 0.748. The minimum Gasteiger partial charge on any atom is -0.342 e. The zero-order valence-electron chi connectivity index (χ0n) is 16.4. The molecule has 1 amide bonds. The molecule has 7 heteroatoms. The average Bonchev–Trinajstić information content (AvgIpc) is 2.93. The summed E-state index contributed by atoms with van der Waals surface area (Å²) in [6, 6.07) is 0.341. The maximum Gasteiger partial charge on any atom is 0.225 e. The fourth-order valence-electron chi connectivity index (χ4n) is 5.30. The van der Waals surface area contributed by atoms with E-state index < -0.39 is 0 Å². The second-order valence-electron chi connectivity index (χ2n) is 8.51. The lowest BCUT2D eigenvalue weighted by Crippen LogP contribution is -2.50. The highest BCUT2D eigenvalue weighted by Gasteiger charge is 2.42. The van der Waals surface area contributed by atoms with Crippen LogP contribution < -0.4 is 5.73 Å². The Balaban J connectivity index is 0.00000131. The van der Waals surface area contributed by atoms with Crippen molar-refractivity contribution in [2.24, 2.45) is 23.5 Å². The van der Waals surface area contributed by atoms with Gasteiger partial charge in [-0.25, -0.2) is 4.98 Å². The number of carbonyl (C=O) groups is 1. The molecule has 2 aliphatic carbocycles. The molecule has 1 saturated heterocycles. The highest BCUT2D eigenvalue weighted by molar-refractivity contribution is 7.11. The Hall–Kier alpha value is -0.360. The fourth-order valence-corrected chi connectivity index (χ4v) is 6.35. The molecular weight excluding hydrogens is 401 g/mol. The summed E-state index contributed by atoms with van der Waals surface area (Å²) in [5.74, 6) is 2.20. The van der Waals surface area contributed by atoms with Crippen LogP contribution >= 0.6 is 36.2 Å². The number of fused-ring (bicyclic) bond motifs is 2. The van der Waals surface area contributed by atoms with Crippen molar-refractivity contribution in [3.8, 4) is 0 Å². The topological polar surface area (TPSA) is 59.2 Å². The number of thiazole rings is 1. The molecule has 1 aromatic heterocycles. The van der Waals surface area contributed by atoms with Gasteiger partial charge in [0.1, 0.15) is 0 Å². The van der Waals surface area contributed by atoms with Gasteiger partial charge in [0.05, 0.1) is 10.7 Å². The molecule has 2 N–H and O–H groups in total. The number of likely N-dealkylation sites (tertiary alicyclic amines) is 1. The van der Waals surface area contributed by atoms with Crippen LogP contribution in [0.5, 0.6) is 0 Å². The number of aromatic nitrogens is 1. The summed E-state index contributed by atoms with van der Waals surface area (Å²) < 4.78 is 0. The number of rotatable bonds is 2. The molecule has 2 heterocycles. The van der Waals surface area contributed by atoms with Gasteiger partial charge in [-0.3, -0.25) is 4.79 Å². The first kappa shape index (κ1) is 22.9. The van der Waals surface area contributed by atoms with Gasteiger partial charge in [0.25, 0.3) is 0 Å². The Morgan fingerprint density at radius 1 is 1.11 bits per heavy atom. The van der Waals surface area contributed by atoms with Crippen LogP contribution in [0, 0.1) is 31.6 Å². The number of aryl methyl sites for hydroxylation is 2. The highest BCUT2D eigenvalue weighted by atomic mass is 35.5. The summed E-state index contributed by atoms with van der Waals surface area (Å²) in [6.07, 6.45) is 8.06. The lowest BCUT2D eigenvalue weighted by Gasteiger charge is -2.45. The summed E-state index contributed by atoms with van der Waals surface area (Å²) in [4.78, 5) is 21.4. The molecule has 1 aliphatic heterocycles. The predicted octanol–water partition coefficient (Wildman–Crippen LogP) is 4.46. The van der Waals surface area contributed by atoms with Gasteiger partial charge in [0.15, 0.2) is 0 Å². The number of nitrogens with two attached hydrogens (primary N) is 1. The first-order valence-electron chi connectivity index (χ1n) is 10.0. The van der Waals surface area contributed by atoms with Crippen molar-refractivity contribution in [2.75, 3.05) is 13.1 Å². The van der Waals surface area contributed by atoms with Crippen LogP contribution in [0.15, 0.2) is 0 Å². The van der Waals surface area contributed by atoms with Crippen LogP contribution in [0.25, 0.3) is 0 Å². The van der Waals surface area contributed by atoms with Gasteiger partial charge in [0.2, 0.25) is 5.91 Å². The molecule has 1 aromatic rings. The summed E-state index contributed by atoms with van der Waals surface area (Å²) in [5.41, 5.74) is 7.56. The Bertz CT molecular complexity index is 620. The van der Waals surface area contributed by atoms with Crippen LogP contribution in [-0.4, -0.2) is 34.9 Å². The van der Waals surface area contributed by atoms with Gasteiger partial charge in [-0.15, -0.1) is 36.2 Å². The van der Waals surface area contributed by atoms with E-state index in [2.05, 4.69) is 18.7 Å². The van der Waals surface area contributed by atoms with E-state index in [0.29, 0.717) is 29.7 Å². The third-order valence-electron chi connectivity index (χ3n) is 6.89. The molecule has 4 nitrogen and oxygen atoms in total. The largest absolute Gasteiger partial charge is 0.342 e. The van der Waals surface area contributed by atoms with Gasteiger partial charge in [0, 0.05) is 35.8 Å². The van der Waals surface area contributed by atoms with Crippen molar-refractivity contribution in [3.63, 3.8) is 0 Å². The molecule has 0 aromatic carbocycles. The van der Waals surface area contributed by atoms with Crippen molar-refractivity contribution in [2.45, 2.75) is 70.8 Å². The maximum atomic E-state index is 13.2. The molecule has 27 heavy (non-hydrogen) atoms. The van der Waals surface area contributed by atoms with Gasteiger partial charge >= 0.3 is 0 Å². The first-order chi connectivity index (χ1) is 12.0. The molecule has 3 atom stereocenters. The normalized spacial score (nSPS) is 33.0. The molecule has 154 valence electrons. The van der Waals surface area contributed by atoms with Crippen molar-refractivity contribution in [1.29, 1.82) is 0 Å². The number of hydrogen-bond acceptors (Lipinski definition) is 4. The van der Waals surface area contributed by atoms with E-state index in [1.165, 1.54) is 29.1 Å². The van der Waals surface area contributed by atoms with E-state index in [4.69, 9.17) is 10.7 Å². The van der Waals surface area contributed by atoms with E-state index in [1.807, 2.05) is 11.3 Å². The fraction of sp³-hybridized carbons (Fsp3) is 0.800. The number of amides is 1. The molecule has 0 radical (unpaired) electrons. The molecule has 2 saturated carbocycles. The number of carbonyl (C=O) groups excluding carboxylic acids is 1. The number of halogens is 2. The Kier molecular flexibility index (Phi) is 8.00. The predicted molar refractivity (Wildman–Crippen MR) is 116 cm³/mol. The highest BCUT2D eigenvalue weighted by Crippen LogP contribution is 2.43. The zero-order chi connectivity index (χ0) is 17.6. The van der Waals surface area contributed by atoms with E-state index in [1.54, 1.807) is 0 Å².